The van der Waals surface area contributed by atoms with Crippen LogP contribution in [0.5, 0.6) is 0 Å². The topological polar surface area (TPSA) is 54.4 Å². The Kier molecular flexibility index (Phi) is 2.22. The predicted octanol–water partition coefficient (Wildman–Crippen LogP) is 1.72. The molecule has 1 aromatic rings. The monoisotopic (exact) mass is 242 g/mol. The summed E-state index contributed by atoms with van der Waals surface area (Å²) in [4.78, 5) is -0.246. The first-order valence-electron chi connectivity index (χ1n) is 4.73. The molecular weight excluding hydrogens is 231 g/mol. The van der Waals surface area contributed by atoms with E-state index in [1.165, 1.54) is 38.1 Å². The minimum Gasteiger partial charge on any atom is -0.385 e. The van der Waals surface area contributed by atoms with Crippen LogP contribution in [0, 0.1) is 5.82 Å². The fourth-order valence-corrected chi connectivity index (χ4v) is 3.60. The fourth-order valence-electron chi connectivity index (χ4n) is 1.72. The average Bonchev–Trinajstić information content (AvgIpc) is 2.39. The van der Waals surface area contributed by atoms with E-state index in [1.54, 1.807) is 0 Å². The number of halogens is 1. The van der Waals surface area contributed by atoms with E-state index in [2.05, 4.69) is 0 Å². The first-order valence-corrected chi connectivity index (χ1v) is 6.21. The summed E-state index contributed by atoms with van der Waals surface area (Å²) >= 11 is 0. The minimum atomic E-state index is -3.76. The van der Waals surface area contributed by atoms with Gasteiger partial charge in [0.05, 0.1) is 15.4 Å². The maximum absolute atomic E-state index is 13.4. The largest absolute Gasteiger partial charge is 0.385 e. The van der Waals surface area contributed by atoms with Crippen molar-refractivity contribution in [3.05, 3.63) is 34.5 Å². The number of hydrogen-bond donors (Lipinski definition) is 1. The van der Waals surface area contributed by atoms with E-state index in [4.69, 9.17) is 0 Å². The van der Waals surface area contributed by atoms with Gasteiger partial charge in [0.2, 0.25) is 9.84 Å². The smallest absolute Gasteiger partial charge is 0.206 e. The highest BCUT2D eigenvalue weighted by molar-refractivity contribution is 7.96. The van der Waals surface area contributed by atoms with Crippen molar-refractivity contribution in [3.63, 3.8) is 0 Å². The summed E-state index contributed by atoms with van der Waals surface area (Å²) in [7, 11) is -3.76. The van der Waals surface area contributed by atoms with Crippen LogP contribution in [0.1, 0.15) is 19.4 Å². The summed E-state index contributed by atoms with van der Waals surface area (Å²) < 4.78 is 37.4. The van der Waals surface area contributed by atoms with Gasteiger partial charge in [-0.15, -0.1) is 0 Å². The molecule has 0 aromatic heterocycles. The molecule has 1 N–H and O–H groups in total. The van der Waals surface area contributed by atoms with Gasteiger partial charge in [-0.25, -0.2) is 12.8 Å². The highest BCUT2D eigenvalue weighted by Gasteiger charge is 2.38. The summed E-state index contributed by atoms with van der Waals surface area (Å²) in [5, 5.41) is 9.75. The number of aliphatic hydroxyl groups is 1. The maximum Gasteiger partial charge on any atom is 0.206 e. The molecule has 86 valence electrons. The third-order valence-electron chi connectivity index (χ3n) is 2.47. The molecule has 0 saturated carbocycles. The molecule has 2 rings (SSSR count). The van der Waals surface area contributed by atoms with Crippen molar-refractivity contribution in [1.29, 1.82) is 0 Å². The average molecular weight is 242 g/mol. The Morgan fingerprint density at radius 1 is 1.31 bits per heavy atom. The third kappa shape index (κ3) is 1.47. The van der Waals surface area contributed by atoms with Gasteiger partial charge in [-0.3, -0.25) is 0 Å². The Balaban J connectivity index is 2.76. The Bertz CT molecular complexity index is 580. The molecule has 0 unspecified atom stereocenters. The van der Waals surface area contributed by atoms with Crippen LogP contribution < -0.4 is 0 Å². The Labute approximate surface area is 93.1 Å². The van der Waals surface area contributed by atoms with Gasteiger partial charge in [-0.1, -0.05) is 6.07 Å². The second-order valence-electron chi connectivity index (χ2n) is 4.22. The van der Waals surface area contributed by atoms with Crippen LogP contribution in [-0.4, -0.2) is 19.1 Å². The van der Waals surface area contributed by atoms with Crippen molar-refractivity contribution < 1.29 is 17.9 Å². The zero-order valence-corrected chi connectivity index (χ0v) is 9.68. The van der Waals surface area contributed by atoms with Gasteiger partial charge < -0.3 is 5.11 Å². The highest BCUT2D eigenvalue weighted by Crippen LogP contribution is 2.39. The van der Waals surface area contributed by atoms with Gasteiger partial charge in [0.15, 0.2) is 0 Å². The molecule has 0 saturated heterocycles. The molecule has 0 bridgehead atoms. The van der Waals surface area contributed by atoms with Crippen molar-refractivity contribution in [2.75, 3.05) is 0 Å². The summed E-state index contributed by atoms with van der Waals surface area (Å²) in [6.45, 7) is 2.72. The van der Waals surface area contributed by atoms with Gasteiger partial charge in [-0.2, -0.15) is 0 Å². The SMILES string of the molecule is CC(C)(O)C1=Cc2c(F)cccc2S1(=O)=O. The molecule has 0 fully saturated rings. The van der Waals surface area contributed by atoms with Crippen molar-refractivity contribution in [1.82, 2.24) is 0 Å². The van der Waals surface area contributed by atoms with Crippen LogP contribution >= 0.6 is 0 Å². The van der Waals surface area contributed by atoms with Crippen molar-refractivity contribution in [2.45, 2.75) is 24.3 Å². The zero-order chi connectivity index (χ0) is 12.1. The number of rotatable bonds is 1. The third-order valence-corrected chi connectivity index (χ3v) is 4.60. The highest BCUT2D eigenvalue weighted by atomic mass is 32.2. The van der Waals surface area contributed by atoms with Crippen LogP contribution in [0.2, 0.25) is 0 Å². The lowest BCUT2D eigenvalue weighted by atomic mass is 10.1. The fraction of sp³-hybridized carbons (Fsp3) is 0.273. The van der Waals surface area contributed by atoms with E-state index in [0.29, 0.717) is 0 Å². The Morgan fingerprint density at radius 2 is 1.94 bits per heavy atom. The Hall–Kier alpha value is -1.20. The van der Waals surface area contributed by atoms with E-state index >= 15 is 0 Å². The Morgan fingerprint density at radius 3 is 2.44 bits per heavy atom. The number of fused-ring (bicyclic) bond motifs is 1. The van der Waals surface area contributed by atoms with Crippen LogP contribution in [0.25, 0.3) is 6.08 Å². The van der Waals surface area contributed by atoms with E-state index in [0.717, 1.165) is 0 Å². The second kappa shape index (κ2) is 3.15. The lowest BCUT2D eigenvalue weighted by Gasteiger charge is -2.18. The van der Waals surface area contributed by atoms with Crippen molar-refractivity contribution in [3.8, 4) is 0 Å². The molecule has 1 aliphatic heterocycles. The molecule has 16 heavy (non-hydrogen) atoms. The molecule has 0 spiro atoms. The van der Waals surface area contributed by atoms with E-state index in [-0.39, 0.29) is 15.4 Å². The summed E-state index contributed by atoms with van der Waals surface area (Å²) in [6, 6.07) is 3.87. The van der Waals surface area contributed by atoms with E-state index in [9.17, 15) is 17.9 Å². The lowest BCUT2D eigenvalue weighted by molar-refractivity contribution is 0.129. The quantitative estimate of drug-likeness (QED) is 0.815. The molecule has 0 aliphatic carbocycles. The molecule has 0 atom stereocenters. The van der Waals surface area contributed by atoms with Gasteiger partial charge in [0.25, 0.3) is 0 Å². The molecular formula is C11H11FO3S. The first-order chi connectivity index (χ1) is 7.24. The molecule has 0 amide bonds. The second-order valence-corrected chi connectivity index (χ2v) is 6.11. The molecule has 0 radical (unpaired) electrons. The normalized spacial score (nSPS) is 18.1. The van der Waals surface area contributed by atoms with Crippen molar-refractivity contribution in [2.24, 2.45) is 0 Å². The van der Waals surface area contributed by atoms with Crippen LogP contribution in [0.3, 0.4) is 0 Å². The van der Waals surface area contributed by atoms with E-state index < -0.39 is 21.3 Å². The first kappa shape index (κ1) is 11.3. The number of hydrogen-bond acceptors (Lipinski definition) is 3. The molecule has 1 aliphatic rings. The standard InChI is InChI=1S/C11H11FO3S/c1-11(2,13)10-6-7-8(12)4-3-5-9(7)16(10,14)15/h3-6,13H,1-2H3. The predicted molar refractivity (Wildman–Crippen MR) is 57.9 cm³/mol. The van der Waals surface area contributed by atoms with Crippen LogP contribution in [0.15, 0.2) is 28.0 Å². The number of benzene rings is 1. The summed E-state index contributed by atoms with van der Waals surface area (Å²) in [5.41, 5.74) is -1.48. The van der Waals surface area contributed by atoms with E-state index in [1.807, 2.05) is 0 Å². The molecule has 5 heteroatoms. The van der Waals surface area contributed by atoms with Gasteiger partial charge in [0, 0.05) is 5.56 Å². The molecule has 3 nitrogen and oxygen atoms in total. The van der Waals surface area contributed by atoms with Crippen molar-refractivity contribution >= 4 is 15.9 Å². The lowest BCUT2D eigenvalue weighted by Crippen LogP contribution is -2.25. The zero-order valence-electron chi connectivity index (χ0n) is 8.86. The maximum atomic E-state index is 13.4. The van der Waals surface area contributed by atoms with Gasteiger partial charge in [-0.05, 0) is 32.1 Å². The number of sulfone groups is 1. The molecule has 1 aromatic carbocycles. The molecule has 1 heterocycles. The van der Waals surface area contributed by atoms with Crippen LogP contribution in [0.4, 0.5) is 4.39 Å². The van der Waals surface area contributed by atoms with Gasteiger partial charge in [0.1, 0.15) is 5.82 Å². The summed E-state index contributed by atoms with van der Waals surface area (Å²) in [5.74, 6) is -0.597. The van der Waals surface area contributed by atoms with Gasteiger partial charge >= 0.3 is 0 Å². The summed E-state index contributed by atoms with van der Waals surface area (Å²) in [6.07, 6.45) is 1.19. The van der Waals surface area contributed by atoms with Crippen LogP contribution in [-0.2, 0) is 9.84 Å². The minimum absolute atomic E-state index is 0.0274.